The van der Waals surface area contributed by atoms with Crippen LogP contribution in [0.5, 0.6) is 5.75 Å². The lowest BCUT2D eigenvalue weighted by atomic mass is 9.99. The van der Waals surface area contributed by atoms with Crippen LogP contribution in [-0.2, 0) is 6.42 Å². The highest BCUT2D eigenvalue weighted by molar-refractivity contribution is 6.07. The molecule has 4 heteroatoms. The first-order valence-corrected chi connectivity index (χ1v) is 7.63. The summed E-state index contributed by atoms with van der Waals surface area (Å²) in [5.41, 5.74) is 9.48. The molecule has 0 radical (unpaired) electrons. The molecular formula is C18H20N2O2. The summed E-state index contributed by atoms with van der Waals surface area (Å²) in [6.07, 6.45) is 1.86. The molecule has 0 aromatic heterocycles. The number of amides is 1. The van der Waals surface area contributed by atoms with Crippen LogP contribution in [0.2, 0.25) is 0 Å². The average Bonchev–Trinajstić information content (AvgIpc) is 2.55. The SMILES string of the molecule is CCOc1ccc(C(=O)N2CCCc3c(N)cccc32)cc1. The predicted octanol–water partition coefficient (Wildman–Crippen LogP) is 3.26. The van der Waals surface area contributed by atoms with Gasteiger partial charge in [-0.3, -0.25) is 4.79 Å². The van der Waals surface area contributed by atoms with Crippen molar-refractivity contribution in [3.05, 3.63) is 53.6 Å². The molecule has 1 amide bonds. The van der Waals surface area contributed by atoms with Crippen LogP contribution in [0.3, 0.4) is 0 Å². The summed E-state index contributed by atoms with van der Waals surface area (Å²) < 4.78 is 5.42. The van der Waals surface area contributed by atoms with Gasteiger partial charge in [0.2, 0.25) is 0 Å². The van der Waals surface area contributed by atoms with Crippen LogP contribution in [0.4, 0.5) is 11.4 Å². The second kappa shape index (κ2) is 6.10. The Kier molecular flexibility index (Phi) is 4.00. The monoisotopic (exact) mass is 296 g/mol. The third-order valence-corrected chi connectivity index (χ3v) is 3.94. The van der Waals surface area contributed by atoms with Crippen LogP contribution >= 0.6 is 0 Å². The molecule has 0 atom stereocenters. The molecule has 0 spiro atoms. The molecule has 0 aliphatic carbocycles. The van der Waals surface area contributed by atoms with E-state index < -0.39 is 0 Å². The van der Waals surface area contributed by atoms with Crippen molar-refractivity contribution in [2.75, 3.05) is 23.8 Å². The average molecular weight is 296 g/mol. The second-order valence-electron chi connectivity index (χ2n) is 5.36. The van der Waals surface area contributed by atoms with Crippen molar-refractivity contribution >= 4 is 17.3 Å². The van der Waals surface area contributed by atoms with Crippen molar-refractivity contribution in [2.45, 2.75) is 19.8 Å². The maximum atomic E-state index is 12.8. The normalized spacial score (nSPS) is 13.6. The zero-order chi connectivity index (χ0) is 15.5. The maximum Gasteiger partial charge on any atom is 0.258 e. The molecule has 0 saturated heterocycles. The Labute approximate surface area is 130 Å². The Morgan fingerprint density at radius 3 is 2.73 bits per heavy atom. The van der Waals surface area contributed by atoms with Crippen LogP contribution in [-0.4, -0.2) is 19.1 Å². The molecule has 0 unspecified atom stereocenters. The van der Waals surface area contributed by atoms with Gasteiger partial charge in [-0.05, 0) is 61.7 Å². The van der Waals surface area contributed by atoms with E-state index >= 15 is 0 Å². The fourth-order valence-electron chi connectivity index (χ4n) is 2.88. The van der Waals surface area contributed by atoms with Crippen LogP contribution in [0, 0.1) is 0 Å². The van der Waals surface area contributed by atoms with Gasteiger partial charge in [0.25, 0.3) is 5.91 Å². The zero-order valence-electron chi connectivity index (χ0n) is 12.7. The number of hydrogen-bond acceptors (Lipinski definition) is 3. The smallest absolute Gasteiger partial charge is 0.258 e. The van der Waals surface area contributed by atoms with Crippen molar-refractivity contribution in [1.29, 1.82) is 0 Å². The van der Waals surface area contributed by atoms with E-state index in [0.29, 0.717) is 12.2 Å². The summed E-state index contributed by atoms with van der Waals surface area (Å²) in [6.45, 7) is 3.28. The van der Waals surface area contributed by atoms with E-state index in [1.807, 2.05) is 54.3 Å². The van der Waals surface area contributed by atoms with Crippen LogP contribution in [0.1, 0.15) is 29.3 Å². The molecule has 0 fully saturated rings. The molecule has 2 aromatic carbocycles. The number of carbonyl (C=O) groups is 1. The number of nitrogen functional groups attached to an aromatic ring is 1. The minimum absolute atomic E-state index is 0.00889. The first kappa shape index (κ1) is 14.4. The Morgan fingerprint density at radius 1 is 1.23 bits per heavy atom. The molecule has 3 rings (SSSR count). The summed E-state index contributed by atoms with van der Waals surface area (Å²) in [5, 5.41) is 0. The molecule has 114 valence electrons. The number of nitrogens with zero attached hydrogens (tertiary/aromatic N) is 1. The molecule has 0 bridgehead atoms. The number of carbonyl (C=O) groups excluding carboxylic acids is 1. The molecular weight excluding hydrogens is 276 g/mol. The predicted molar refractivity (Wildman–Crippen MR) is 88.5 cm³/mol. The standard InChI is InChI=1S/C18H20N2O2/c1-2-22-14-10-8-13(9-11-14)18(21)20-12-4-5-15-16(19)6-3-7-17(15)20/h3,6-11H,2,4-5,12,19H2,1H3. The third-order valence-electron chi connectivity index (χ3n) is 3.94. The highest BCUT2D eigenvalue weighted by atomic mass is 16.5. The first-order valence-electron chi connectivity index (χ1n) is 7.63. The quantitative estimate of drug-likeness (QED) is 0.884. The Hall–Kier alpha value is -2.49. The number of benzene rings is 2. The van der Waals surface area contributed by atoms with E-state index in [9.17, 15) is 4.79 Å². The van der Waals surface area contributed by atoms with Crippen LogP contribution < -0.4 is 15.4 Å². The molecule has 2 N–H and O–H groups in total. The summed E-state index contributed by atoms with van der Waals surface area (Å²) in [6, 6.07) is 13.1. The van der Waals surface area contributed by atoms with E-state index in [4.69, 9.17) is 10.5 Å². The van der Waals surface area contributed by atoms with Crippen molar-refractivity contribution < 1.29 is 9.53 Å². The van der Waals surface area contributed by atoms with E-state index in [1.165, 1.54) is 0 Å². The highest BCUT2D eigenvalue weighted by Crippen LogP contribution is 2.32. The number of ether oxygens (including phenoxy) is 1. The fourth-order valence-corrected chi connectivity index (χ4v) is 2.88. The number of rotatable bonds is 3. The van der Waals surface area contributed by atoms with Crippen molar-refractivity contribution in [3.63, 3.8) is 0 Å². The van der Waals surface area contributed by atoms with Gasteiger partial charge in [-0.2, -0.15) is 0 Å². The number of nitrogens with two attached hydrogens (primary N) is 1. The minimum atomic E-state index is 0.00889. The lowest BCUT2D eigenvalue weighted by Gasteiger charge is -2.30. The van der Waals surface area contributed by atoms with Crippen molar-refractivity contribution in [3.8, 4) is 5.75 Å². The largest absolute Gasteiger partial charge is 0.494 e. The van der Waals surface area contributed by atoms with Gasteiger partial charge in [0.15, 0.2) is 0 Å². The molecule has 22 heavy (non-hydrogen) atoms. The number of hydrogen-bond donors (Lipinski definition) is 1. The molecule has 1 heterocycles. The van der Waals surface area contributed by atoms with Gasteiger partial charge in [0, 0.05) is 23.5 Å². The Balaban J connectivity index is 1.89. The van der Waals surface area contributed by atoms with Gasteiger partial charge >= 0.3 is 0 Å². The van der Waals surface area contributed by atoms with Crippen LogP contribution in [0.25, 0.3) is 0 Å². The summed E-state index contributed by atoms with van der Waals surface area (Å²) in [7, 11) is 0. The molecule has 2 aromatic rings. The summed E-state index contributed by atoms with van der Waals surface area (Å²) >= 11 is 0. The van der Waals surface area contributed by atoms with E-state index in [-0.39, 0.29) is 5.91 Å². The van der Waals surface area contributed by atoms with Gasteiger partial charge < -0.3 is 15.4 Å². The number of anilines is 2. The Bertz CT molecular complexity index is 680. The molecule has 1 aliphatic heterocycles. The fraction of sp³-hybridized carbons (Fsp3) is 0.278. The van der Waals surface area contributed by atoms with Gasteiger partial charge in [0.1, 0.15) is 5.75 Å². The summed E-state index contributed by atoms with van der Waals surface area (Å²) in [4.78, 5) is 14.6. The molecule has 4 nitrogen and oxygen atoms in total. The second-order valence-corrected chi connectivity index (χ2v) is 5.36. The van der Waals surface area contributed by atoms with E-state index in [0.717, 1.165) is 42.1 Å². The van der Waals surface area contributed by atoms with Crippen LogP contribution in [0.15, 0.2) is 42.5 Å². The van der Waals surface area contributed by atoms with E-state index in [1.54, 1.807) is 0 Å². The minimum Gasteiger partial charge on any atom is -0.494 e. The van der Waals surface area contributed by atoms with Gasteiger partial charge in [0.05, 0.1) is 6.61 Å². The first-order chi connectivity index (χ1) is 10.7. The highest BCUT2D eigenvalue weighted by Gasteiger charge is 2.24. The Morgan fingerprint density at radius 2 is 2.00 bits per heavy atom. The summed E-state index contributed by atoms with van der Waals surface area (Å²) in [5.74, 6) is 0.789. The third kappa shape index (κ3) is 2.64. The molecule has 1 aliphatic rings. The lowest BCUT2D eigenvalue weighted by Crippen LogP contribution is -2.35. The van der Waals surface area contributed by atoms with E-state index in [2.05, 4.69) is 0 Å². The van der Waals surface area contributed by atoms with Gasteiger partial charge in [-0.15, -0.1) is 0 Å². The van der Waals surface area contributed by atoms with Gasteiger partial charge in [-0.25, -0.2) is 0 Å². The topological polar surface area (TPSA) is 55.6 Å². The zero-order valence-corrected chi connectivity index (χ0v) is 12.7. The van der Waals surface area contributed by atoms with Crippen molar-refractivity contribution in [2.24, 2.45) is 0 Å². The van der Waals surface area contributed by atoms with Gasteiger partial charge in [-0.1, -0.05) is 6.07 Å². The molecule has 0 saturated carbocycles. The van der Waals surface area contributed by atoms with Crippen molar-refractivity contribution in [1.82, 2.24) is 0 Å². The number of fused-ring (bicyclic) bond motifs is 1. The lowest BCUT2D eigenvalue weighted by molar-refractivity contribution is 0.0985. The maximum absolute atomic E-state index is 12.8.